The Morgan fingerprint density at radius 2 is 1.96 bits per heavy atom. The number of nitrogens with one attached hydrogen (secondary N) is 1. The molecule has 3 N–H and O–H groups in total. The molecule has 0 saturated carbocycles. The number of ether oxygens (including phenoxy) is 1. The Morgan fingerprint density at radius 1 is 1.26 bits per heavy atom. The lowest BCUT2D eigenvalue weighted by Gasteiger charge is -2.09. The quantitative estimate of drug-likeness (QED) is 0.724. The number of aliphatic hydroxyl groups excluding tert-OH is 1. The molecule has 0 spiro atoms. The Balaban J connectivity index is 0.000000231. The van der Waals surface area contributed by atoms with Crippen LogP contribution in [0, 0.1) is 0 Å². The Labute approximate surface area is 140 Å². The molecule has 0 fully saturated rings. The number of rotatable bonds is 7. The first kappa shape index (κ1) is 19.3. The maximum Gasteiger partial charge on any atom is 0.337 e. The Morgan fingerprint density at radius 3 is 2.43 bits per heavy atom. The maximum absolute atomic E-state index is 10.6. The van der Waals surface area contributed by atoms with Crippen LogP contribution >= 0.6 is 11.3 Å². The van der Waals surface area contributed by atoms with Crippen LogP contribution in [0.15, 0.2) is 47.8 Å². The predicted octanol–water partition coefficient (Wildman–Crippen LogP) is 2.85. The van der Waals surface area contributed by atoms with E-state index in [0.717, 1.165) is 17.8 Å². The van der Waals surface area contributed by atoms with Crippen LogP contribution in [0.25, 0.3) is 0 Å². The van der Waals surface area contributed by atoms with Crippen LogP contribution in [-0.4, -0.2) is 36.9 Å². The Kier molecular flexibility index (Phi) is 9.16. The highest BCUT2D eigenvalue weighted by Gasteiger charge is 2.17. The van der Waals surface area contributed by atoms with Crippen LogP contribution < -0.4 is 5.32 Å². The van der Waals surface area contributed by atoms with E-state index in [4.69, 9.17) is 9.84 Å². The van der Waals surface area contributed by atoms with E-state index in [2.05, 4.69) is 5.32 Å². The topological polar surface area (TPSA) is 78.8 Å². The van der Waals surface area contributed by atoms with E-state index < -0.39 is 12.1 Å². The third kappa shape index (κ3) is 6.92. The second kappa shape index (κ2) is 10.9. The number of aliphatic carboxylic acids is 1. The lowest BCUT2D eigenvalue weighted by molar-refractivity contribution is -0.148. The zero-order valence-corrected chi connectivity index (χ0v) is 14.1. The van der Waals surface area contributed by atoms with E-state index in [0.29, 0.717) is 5.56 Å². The fourth-order valence-corrected chi connectivity index (χ4v) is 2.66. The summed E-state index contributed by atoms with van der Waals surface area (Å²) in [5.41, 5.74) is 0.660. The summed E-state index contributed by atoms with van der Waals surface area (Å²) in [5, 5.41) is 23.2. The Bertz CT molecular complexity index is 545. The smallest absolute Gasteiger partial charge is 0.337 e. The average molecular weight is 337 g/mol. The summed E-state index contributed by atoms with van der Waals surface area (Å²) in [6, 6.07) is 12.8. The monoisotopic (exact) mass is 337 g/mol. The first-order valence-electron chi connectivity index (χ1n) is 7.26. The van der Waals surface area contributed by atoms with Gasteiger partial charge in [0.2, 0.25) is 0 Å². The second-order valence-corrected chi connectivity index (χ2v) is 5.77. The molecule has 0 aliphatic heterocycles. The fraction of sp³-hybridized carbons (Fsp3) is 0.353. The van der Waals surface area contributed by atoms with E-state index in [9.17, 15) is 9.90 Å². The first-order valence-corrected chi connectivity index (χ1v) is 8.14. The number of carbonyl (C=O) groups is 1. The summed E-state index contributed by atoms with van der Waals surface area (Å²) in [6.07, 6.45) is -0.356. The van der Waals surface area contributed by atoms with Crippen molar-refractivity contribution in [1.82, 2.24) is 5.32 Å². The van der Waals surface area contributed by atoms with E-state index in [1.165, 1.54) is 7.11 Å². The molecular weight excluding hydrogens is 314 g/mol. The van der Waals surface area contributed by atoms with Crippen molar-refractivity contribution in [3.8, 4) is 0 Å². The summed E-state index contributed by atoms with van der Waals surface area (Å²) in [7, 11) is 3.27. The molecule has 0 aliphatic rings. The van der Waals surface area contributed by atoms with Gasteiger partial charge in [-0.1, -0.05) is 36.4 Å². The van der Waals surface area contributed by atoms with Crippen LogP contribution in [0.3, 0.4) is 0 Å². The van der Waals surface area contributed by atoms with Gasteiger partial charge in [-0.05, 0) is 37.0 Å². The number of thiophene rings is 1. The molecule has 2 atom stereocenters. The summed E-state index contributed by atoms with van der Waals surface area (Å²) in [5.74, 6) is -0.969. The van der Waals surface area contributed by atoms with Gasteiger partial charge in [-0.2, -0.15) is 0 Å². The van der Waals surface area contributed by atoms with Gasteiger partial charge in [0.25, 0.3) is 0 Å². The number of hydrogen-bond acceptors (Lipinski definition) is 5. The average Bonchev–Trinajstić information content (AvgIpc) is 3.09. The summed E-state index contributed by atoms with van der Waals surface area (Å²) in [6.45, 7) is 0.860. The molecule has 2 aromatic rings. The van der Waals surface area contributed by atoms with Crippen molar-refractivity contribution in [1.29, 1.82) is 0 Å². The number of hydrogen-bond donors (Lipinski definition) is 3. The zero-order chi connectivity index (χ0) is 17.1. The first-order chi connectivity index (χ1) is 11.1. The normalized spacial score (nSPS) is 12.8. The van der Waals surface area contributed by atoms with Crippen molar-refractivity contribution in [2.24, 2.45) is 0 Å². The zero-order valence-electron chi connectivity index (χ0n) is 13.3. The highest BCUT2D eigenvalue weighted by atomic mass is 32.1. The number of methoxy groups -OCH3 is 1. The van der Waals surface area contributed by atoms with Gasteiger partial charge in [-0.3, -0.25) is 0 Å². The van der Waals surface area contributed by atoms with Crippen molar-refractivity contribution in [2.75, 3.05) is 20.7 Å². The fourth-order valence-electron chi connectivity index (χ4n) is 1.91. The van der Waals surface area contributed by atoms with Crippen molar-refractivity contribution in [2.45, 2.75) is 18.6 Å². The second-order valence-electron chi connectivity index (χ2n) is 4.79. The third-order valence-electron chi connectivity index (χ3n) is 3.10. The van der Waals surface area contributed by atoms with Gasteiger partial charge in [-0.15, -0.1) is 11.3 Å². The number of aliphatic hydroxyl groups is 1. The highest BCUT2D eigenvalue weighted by molar-refractivity contribution is 7.10. The molecule has 1 aromatic carbocycles. The van der Waals surface area contributed by atoms with Crippen LogP contribution in [0.4, 0.5) is 0 Å². The van der Waals surface area contributed by atoms with Gasteiger partial charge < -0.3 is 20.3 Å². The Hall–Kier alpha value is -1.73. The van der Waals surface area contributed by atoms with E-state index in [1.807, 2.05) is 30.6 Å². The molecule has 1 heterocycles. The molecule has 0 unspecified atom stereocenters. The van der Waals surface area contributed by atoms with E-state index >= 15 is 0 Å². The van der Waals surface area contributed by atoms with Gasteiger partial charge in [0.05, 0.1) is 6.10 Å². The molecule has 0 amide bonds. The van der Waals surface area contributed by atoms with Crippen molar-refractivity contribution < 1.29 is 19.7 Å². The van der Waals surface area contributed by atoms with Crippen LogP contribution in [-0.2, 0) is 9.53 Å². The van der Waals surface area contributed by atoms with Crippen molar-refractivity contribution >= 4 is 17.3 Å². The van der Waals surface area contributed by atoms with Crippen molar-refractivity contribution in [3.63, 3.8) is 0 Å². The largest absolute Gasteiger partial charge is 0.479 e. The lowest BCUT2D eigenvalue weighted by atomic mass is 10.1. The SMILES string of the molecule is CNCC[C@H](O)c1cccs1.CO[C@@H](C(=O)O)c1ccccc1. The predicted molar refractivity (Wildman–Crippen MR) is 91.7 cm³/mol. The van der Waals surface area contributed by atoms with Crippen LogP contribution in [0.5, 0.6) is 0 Å². The standard InChI is InChI=1S/C9H10O3.C8H13NOS/c1-12-8(9(10)11)7-5-3-2-4-6-7;1-9-5-4-7(10)8-3-2-6-11-8/h2-6,8H,1H3,(H,10,11);2-3,6-7,9-10H,4-5H2,1H3/t8-;7-/m10/s1. The van der Waals surface area contributed by atoms with Gasteiger partial charge >= 0.3 is 5.97 Å². The molecule has 0 saturated heterocycles. The molecule has 0 bridgehead atoms. The summed E-state index contributed by atoms with van der Waals surface area (Å²) in [4.78, 5) is 11.7. The lowest BCUT2D eigenvalue weighted by Crippen LogP contribution is -2.12. The van der Waals surface area contributed by atoms with Gasteiger partial charge in [0, 0.05) is 12.0 Å². The molecule has 1 aromatic heterocycles. The third-order valence-corrected chi connectivity index (χ3v) is 4.08. The molecule has 23 heavy (non-hydrogen) atoms. The number of carboxylic acids is 1. The summed E-state index contributed by atoms with van der Waals surface area (Å²) >= 11 is 1.60. The van der Waals surface area contributed by atoms with Crippen LogP contribution in [0.2, 0.25) is 0 Å². The maximum atomic E-state index is 10.6. The molecule has 2 rings (SSSR count). The molecule has 6 heteroatoms. The molecule has 0 radical (unpaired) electrons. The number of carboxylic acid groups (broad SMARTS) is 1. The number of benzene rings is 1. The van der Waals surface area contributed by atoms with Crippen molar-refractivity contribution in [3.05, 3.63) is 58.3 Å². The molecule has 0 aliphatic carbocycles. The van der Waals surface area contributed by atoms with Gasteiger partial charge in [0.15, 0.2) is 6.10 Å². The summed E-state index contributed by atoms with van der Waals surface area (Å²) < 4.78 is 4.80. The minimum Gasteiger partial charge on any atom is -0.479 e. The van der Waals surface area contributed by atoms with Crippen LogP contribution in [0.1, 0.15) is 29.1 Å². The molecule has 5 nitrogen and oxygen atoms in total. The minimum atomic E-state index is -0.969. The molecule has 126 valence electrons. The highest BCUT2D eigenvalue weighted by Crippen LogP contribution is 2.20. The minimum absolute atomic E-state index is 0.289. The van der Waals surface area contributed by atoms with E-state index in [-0.39, 0.29) is 6.10 Å². The van der Waals surface area contributed by atoms with Gasteiger partial charge in [-0.25, -0.2) is 4.79 Å². The van der Waals surface area contributed by atoms with Gasteiger partial charge in [0.1, 0.15) is 0 Å². The molecular formula is C17H23NO4S. The van der Waals surface area contributed by atoms with E-state index in [1.54, 1.807) is 35.6 Å².